The maximum absolute atomic E-state index is 11.9. The number of nitrogens with zero attached hydrogens (tertiary/aromatic N) is 1. The van der Waals surface area contributed by atoms with Crippen LogP contribution >= 0.6 is 11.3 Å². The number of nitrogens with two attached hydrogens (primary N) is 1. The fourth-order valence-corrected chi connectivity index (χ4v) is 3.80. The van der Waals surface area contributed by atoms with Crippen molar-refractivity contribution in [1.29, 1.82) is 0 Å². The predicted octanol–water partition coefficient (Wildman–Crippen LogP) is 2.95. The van der Waals surface area contributed by atoms with Crippen LogP contribution in [0.25, 0.3) is 0 Å². The Morgan fingerprint density at radius 3 is 2.70 bits per heavy atom. The molecule has 3 N–H and O–H groups in total. The van der Waals surface area contributed by atoms with Gasteiger partial charge in [0, 0.05) is 19.6 Å². The van der Waals surface area contributed by atoms with E-state index in [1.165, 1.54) is 24.2 Å². The van der Waals surface area contributed by atoms with Gasteiger partial charge in [0.25, 0.3) is 5.91 Å². The minimum Gasteiger partial charge on any atom is -0.397 e. The zero-order valence-electron chi connectivity index (χ0n) is 12.6. The summed E-state index contributed by atoms with van der Waals surface area (Å²) in [6, 6.07) is 1.95. The van der Waals surface area contributed by atoms with E-state index in [4.69, 9.17) is 5.73 Å². The molecule has 20 heavy (non-hydrogen) atoms. The fraction of sp³-hybridized carbons (Fsp3) is 0.667. The third-order valence-corrected chi connectivity index (χ3v) is 5.30. The number of hydrogen-bond donors (Lipinski definition) is 2. The minimum atomic E-state index is -0.0571. The van der Waals surface area contributed by atoms with Crippen LogP contribution in [0.2, 0.25) is 0 Å². The lowest BCUT2D eigenvalue weighted by Crippen LogP contribution is -2.34. The molecule has 0 bridgehead atoms. The third kappa shape index (κ3) is 3.26. The van der Waals surface area contributed by atoms with Gasteiger partial charge in [0.1, 0.15) is 4.88 Å². The van der Waals surface area contributed by atoms with Crippen LogP contribution < -0.4 is 16.0 Å². The van der Waals surface area contributed by atoms with Crippen molar-refractivity contribution in [3.8, 4) is 0 Å². The molecule has 1 amide bonds. The Hall–Kier alpha value is -1.23. The summed E-state index contributed by atoms with van der Waals surface area (Å²) in [5.74, 6) is 1.53. The second-order valence-electron chi connectivity index (χ2n) is 5.80. The van der Waals surface area contributed by atoms with Crippen molar-refractivity contribution in [3.63, 3.8) is 0 Å². The molecule has 1 saturated heterocycles. The summed E-state index contributed by atoms with van der Waals surface area (Å²) in [6.45, 7) is 9.28. The molecule has 0 aromatic carbocycles. The Balaban J connectivity index is 2.04. The van der Waals surface area contributed by atoms with Crippen molar-refractivity contribution < 1.29 is 4.79 Å². The van der Waals surface area contributed by atoms with Crippen LogP contribution in [0.3, 0.4) is 0 Å². The molecular weight excluding hydrogens is 270 g/mol. The summed E-state index contributed by atoms with van der Waals surface area (Å²) in [5, 5.41) is 3.94. The highest BCUT2D eigenvalue weighted by Gasteiger charge is 2.24. The number of hydrogen-bond acceptors (Lipinski definition) is 4. The highest BCUT2D eigenvalue weighted by molar-refractivity contribution is 7.18. The largest absolute Gasteiger partial charge is 0.397 e. The average molecular weight is 295 g/mol. The van der Waals surface area contributed by atoms with E-state index in [2.05, 4.69) is 24.1 Å². The van der Waals surface area contributed by atoms with Gasteiger partial charge < -0.3 is 16.0 Å². The van der Waals surface area contributed by atoms with Crippen molar-refractivity contribution >= 4 is 27.9 Å². The van der Waals surface area contributed by atoms with E-state index in [0.29, 0.717) is 17.1 Å². The van der Waals surface area contributed by atoms with Crippen LogP contribution in [-0.2, 0) is 0 Å². The minimum absolute atomic E-state index is 0.0571. The Labute approximate surface area is 125 Å². The zero-order valence-corrected chi connectivity index (χ0v) is 13.4. The molecule has 1 aliphatic rings. The van der Waals surface area contributed by atoms with Crippen molar-refractivity contribution in [2.75, 3.05) is 30.3 Å². The van der Waals surface area contributed by atoms with E-state index in [1.54, 1.807) is 0 Å². The molecule has 0 radical (unpaired) electrons. The lowest BCUT2D eigenvalue weighted by Gasteiger charge is -2.34. The highest BCUT2D eigenvalue weighted by Crippen LogP contribution is 2.35. The lowest BCUT2D eigenvalue weighted by molar-refractivity contribution is 0.0960. The first kappa shape index (κ1) is 15.2. The standard InChI is InChI=1S/C15H25N3OS/c1-4-17-15(19)14-12(16)9-13(20-14)18-7-5-11(6-8-18)10(2)3/h9-11H,4-8,16H2,1-3H3,(H,17,19). The Kier molecular flexibility index (Phi) is 4.91. The number of piperidine rings is 1. The van der Waals surface area contributed by atoms with Crippen LogP contribution in [0.4, 0.5) is 10.7 Å². The second-order valence-corrected chi connectivity index (χ2v) is 6.83. The number of thiophene rings is 1. The summed E-state index contributed by atoms with van der Waals surface area (Å²) in [7, 11) is 0. The third-order valence-electron chi connectivity index (χ3n) is 4.09. The SMILES string of the molecule is CCNC(=O)c1sc(N2CCC(C(C)C)CC2)cc1N. The molecule has 0 spiro atoms. The van der Waals surface area contributed by atoms with Gasteiger partial charge in [-0.25, -0.2) is 0 Å². The van der Waals surface area contributed by atoms with Crippen molar-refractivity contribution in [1.82, 2.24) is 5.32 Å². The smallest absolute Gasteiger partial charge is 0.263 e. The van der Waals surface area contributed by atoms with Gasteiger partial charge in [0.2, 0.25) is 0 Å². The maximum atomic E-state index is 11.9. The molecule has 1 aromatic rings. The lowest BCUT2D eigenvalue weighted by atomic mass is 9.87. The Morgan fingerprint density at radius 1 is 1.50 bits per heavy atom. The van der Waals surface area contributed by atoms with E-state index in [0.717, 1.165) is 29.9 Å². The van der Waals surface area contributed by atoms with Crippen LogP contribution in [-0.4, -0.2) is 25.5 Å². The fourth-order valence-electron chi connectivity index (χ4n) is 2.75. The number of nitrogens with one attached hydrogen (secondary N) is 1. The molecular formula is C15H25N3OS. The first-order chi connectivity index (χ1) is 9.52. The van der Waals surface area contributed by atoms with E-state index in [-0.39, 0.29) is 5.91 Å². The molecule has 0 saturated carbocycles. The number of nitrogen functional groups attached to an aromatic ring is 1. The quantitative estimate of drug-likeness (QED) is 0.898. The van der Waals surface area contributed by atoms with Crippen LogP contribution in [0, 0.1) is 11.8 Å². The molecule has 2 rings (SSSR count). The van der Waals surface area contributed by atoms with Crippen LogP contribution in [0.5, 0.6) is 0 Å². The van der Waals surface area contributed by atoms with Crippen molar-refractivity contribution in [2.24, 2.45) is 11.8 Å². The molecule has 0 atom stereocenters. The monoisotopic (exact) mass is 295 g/mol. The average Bonchev–Trinajstić information content (AvgIpc) is 2.81. The van der Waals surface area contributed by atoms with Gasteiger partial charge in [-0.2, -0.15) is 0 Å². The summed E-state index contributed by atoms with van der Waals surface area (Å²) < 4.78 is 0. The number of carbonyl (C=O) groups is 1. The predicted molar refractivity (Wildman–Crippen MR) is 86.5 cm³/mol. The topological polar surface area (TPSA) is 58.4 Å². The van der Waals surface area contributed by atoms with Gasteiger partial charge >= 0.3 is 0 Å². The molecule has 0 unspecified atom stereocenters. The van der Waals surface area contributed by atoms with E-state index in [9.17, 15) is 4.79 Å². The highest BCUT2D eigenvalue weighted by atomic mass is 32.1. The summed E-state index contributed by atoms with van der Waals surface area (Å²) >= 11 is 1.51. The van der Waals surface area contributed by atoms with E-state index in [1.807, 2.05) is 13.0 Å². The second kappa shape index (κ2) is 6.48. The van der Waals surface area contributed by atoms with Gasteiger partial charge in [-0.1, -0.05) is 13.8 Å². The Morgan fingerprint density at radius 2 is 2.15 bits per heavy atom. The van der Waals surface area contributed by atoms with Crippen molar-refractivity contribution in [2.45, 2.75) is 33.6 Å². The van der Waals surface area contributed by atoms with Crippen molar-refractivity contribution in [3.05, 3.63) is 10.9 Å². The summed E-state index contributed by atoms with van der Waals surface area (Å²) in [6.07, 6.45) is 2.46. The molecule has 2 heterocycles. The number of rotatable bonds is 4. The molecule has 5 heteroatoms. The van der Waals surface area contributed by atoms with Gasteiger partial charge in [-0.05, 0) is 37.7 Å². The van der Waals surface area contributed by atoms with E-state index < -0.39 is 0 Å². The van der Waals surface area contributed by atoms with Gasteiger partial charge in [-0.3, -0.25) is 4.79 Å². The number of carbonyl (C=O) groups excluding carboxylic acids is 1. The molecule has 112 valence electrons. The van der Waals surface area contributed by atoms with Gasteiger partial charge in [-0.15, -0.1) is 11.3 Å². The van der Waals surface area contributed by atoms with Gasteiger partial charge in [0.15, 0.2) is 0 Å². The number of amides is 1. The Bertz CT molecular complexity index is 462. The molecule has 0 aliphatic carbocycles. The zero-order chi connectivity index (χ0) is 14.7. The first-order valence-electron chi connectivity index (χ1n) is 7.45. The molecule has 1 aliphatic heterocycles. The molecule has 1 fully saturated rings. The first-order valence-corrected chi connectivity index (χ1v) is 8.27. The summed E-state index contributed by atoms with van der Waals surface area (Å²) in [5.41, 5.74) is 6.58. The van der Waals surface area contributed by atoms with Crippen LogP contribution in [0.1, 0.15) is 43.3 Å². The van der Waals surface area contributed by atoms with Gasteiger partial charge in [0.05, 0.1) is 10.7 Å². The molecule has 1 aromatic heterocycles. The normalized spacial score (nSPS) is 16.7. The number of anilines is 2. The van der Waals surface area contributed by atoms with E-state index >= 15 is 0 Å². The molecule has 4 nitrogen and oxygen atoms in total. The maximum Gasteiger partial charge on any atom is 0.263 e. The summed E-state index contributed by atoms with van der Waals surface area (Å²) in [4.78, 5) is 14.9. The van der Waals surface area contributed by atoms with Crippen LogP contribution in [0.15, 0.2) is 6.07 Å².